The Balaban J connectivity index is 1.81. The van der Waals surface area contributed by atoms with E-state index in [1.54, 1.807) is 6.20 Å². The third kappa shape index (κ3) is 5.30. The fourth-order valence-corrected chi connectivity index (χ4v) is 2.42. The number of amides is 1. The number of pyridine rings is 1. The van der Waals surface area contributed by atoms with E-state index in [0.717, 1.165) is 35.5 Å². The molecule has 0 aliphatic rings. The molecule has 1 aromatic heterocycles. The summed E-state index contributed by atoms with van der Waals surface area (Å²) in [4.78, 5) is 18.4. The predicted octanol–water partition coefficient (Wildman–Crippen LogP) is 2.81. The van der Waals surface area contributed by atoms with E-state index in [0.29, 0.717) is 6.54 Å². The predicted molar refractivity (Wildman–Crippen MR) is 90.0 cm³/mol. The summed E-state index contributed by atoms with van der Waals surface area (Å²) in [5.41, 5.74) is 4.21. The van der Waals surface area contributed by atoms with Gasteiger partial charge in [0.15, 0.2) is 0 Å². The van der Waals surface area contributed by atoms with E-state index >= 15 is 0 Å². The second-order valence-electron chi connectivity index (χ2n) is 5.73. The van der Waals surface area contributed by atoms with Crippen molar-refractivity contribution in [1.29, 1.82) is 0 Å². The number of anilines is 1. The molecule has 1 aromatic carbocycles. The highest BCUT2D eigenvalue weighted by Gasteiger charge is 2.08. The van der Waals surface area contributed by atoms with Crippen LogP contribution in [0.3, 0.4) is 0 Å². The van der Waals surface area contributed by atoms with Crippen molar-refractivity contribution >= 4 is 11.6 Å². The summed E-state index contributed by atoms with van der Waals surface area (Å²) < 4.78 is 0. The van der Waals surface area contributed by atoms with Crippen LogP contribution >= 0.6 is 0 Å². The maximum absolute atomic E-state index is 12.1. The molecule has 1 amide bonds. The van der Waals surface area contributed by atoms with Gasteiger partial charge in [-0.05, 0) is 56.3 Å². The summed E-state index contributed by atoms with van der Waals surface area (Å²) in [5, 5.41) is 2.96. The summed E-state index contributed by atoms with van der Waals surface area (Å²) in [5.74, 6) is 0.00789. The molecule has 0 saturated heterocycles. The van der Waals surface area contributed by atoms with Crippen molar-refractivity contribution in [2.45, 2.75) is 20.3 Å². The number of nitrogens with one attached hydrogen (secondary N) is 1. The molecule has 116 valence electrons. The molecule has 0 aliphatic heterocycles. The maximum Gasteiger partial charge on any atom is 0.238 e. The fraction of sp³-hybridized carbons (Fsp3) is 0.333. The van der Waals surface area contributed by atoms with Crippen LogP contribution in [0.4, 0.5) is 5.69 Å². The van der Waals surface area contributed by atoms with E-state index in [9.17, 15) is 4.79 Å². The van der Waals surface area contributed by atoms with Crippen LogP contribution in [0.1, 0.15) is 16.8 Å². The molecular formula is C18H23N3O. The highest BCUT2D eigenvalue weighted by molar-refractivity contribution is 5.92. The van der Waals surface area contributed by atoms with Crippen molar-refractivity contribution in [2.24, 2.45) is 0 Å². The zero-order valence-electron chi connectivity index (χ0n) is 13.5. The van der Waals surface area contributed by atoms with E-state index in [1.807, 2.05) is 56.1 Å². The van der Waals surface area contributed by atoms with Crippen molar-refractivity contribution in [3.05, 3.63) is 59.4 Å². The molecule has 0 bridgehead atoms. The van der Waals surface area contributed by atoms with Gasteiger partial charge in [-0.1, -0.05) is 12.1 Å². The Morgan fingerprint density at radius 1 is 1.18 bits per heavy atom. The molecule has 0 atom stereocenters. The Morgan fingerprint density at radius 2 is 1.91 bits per heavy atom. The lowest BCUT2D eigenvalue weighted by atomic mass is 10.1. The van der Waals surface area contributed by atoms with E-state index in [1.165, 1.54) is 0 Å². The van der Waals surface area contributed by atoms with E-state index in [4.69, 9.17) is 0 Å². The molecule has 0 spiro atoms. The molecule has 0 radical (unpaired) electrons. The van der Waals surface area contributed by atoms with E-state index < -0.39 is 0 Å². The molecule has 2 aromatic rings. The molecule has 0 fully saturated rings. The van der Waals surface area contributed by atoms with E-state index in [2.05, 4.69) is 16.4 Å². The van der Waals surface area contributed by atoms with Crippen molar-refractivity contribution in [2.75, 3.05) is 25.5 Å². The first kappa shape index (κ1) is 16.2. The van der Waals surface area contributed by atoms with Gasteiger partial charge in [0.05, 0.1) is 6.54 Å². The number of carbonyl (C=O) groups excluding carboxylic acids is 1. The van der Waals surface area contributed by atoms with Crippen LogP contribution in [-0.2, 0) is 11.2 Å². The number of hydrogen-bond acceptors (Lipinski definition) is 3. The molecule has 2 rings (SSSR count). The summed E-state index contributed by atoms with van der Waals surface area (Å²) in [6.45, 7) is 5.24. The Hall–Kier alpha value is -2.20. The van der Waals surface area contributed by atoms with Gasteiger partial charge in [0.25, 0.3) is 0 Å². The average Bonchev–Trinajstić information content (AvgIpc) is 2.45. The van der Waals surface area contributed by atoms with Gasteiger partial charge in [-0.2, -0.15) is 0 Å². The maximum atomic E-state index is 12.1. The minimum Gasteiger partial charge on any atom is -0.325 e. The Labute approximate surface area is 132 Å². The minimum absolute atomic E-state index is 0.00789. The van der Waals surface area contributed by atoms with Gasteiger partial charge in [-0.15, -0.1) is 0 Å². The van der Waals surface area contributed by atoms with Gasteiger partial charge >= 0.3 is 0 Å². The second-order valence-corrected chi connectivity index (χ2v) is 5.73. The van der Waals surface area contributed by atoms with Gasteiger partial charge in [0.1, 0.15) is 0 Å². The van der Waals surface area contributed by atoms with Gasteiger partial charge < -0.3 is 5.32 Å². The number of aryl methyl sites for hydroxylation is 2. The molecule has 0 aliphatic carbocycles. The zero-order chi connectivity index (χ0) is 15.9. The monoisotopic (exact) mass is 297 g/mol. The molecular weight excluding hydrogens is 274 g/mol. The quantitative estimate of drug-likeness (QED) is 0.892. The molecule has 1 N–H and O–H groups in total. The van der Waals surface area contributed by atoms with Gasteiger partial charge in [-0.25, -0.2) is 0 Å². The van der Waals surface area contributed by atoms with Crippen LogP contribution in [0.25, 0.3) is 0 Å². The van der Waals surface area contributed by atoms with Crippen LogP contribution in [0.2, 0.25) is 0 Å². The molecule has 1 heterocycles. The molecule has 0 saturated carbocycles. The smallest absolute Gasteiger partial charge is 0.238 e. The van der Waals surface area contributed by atoms with Crippen molar-refractivity contribution in [3.8, 4) is 0 Å². The average molecular weight is 297 g/mol. The largest absolute Gasteiger partial charge is 0.325 e. The second kappa shape index (κ2) is 7.71. The lowest BCUT2D eigenvalue weighted by molar-refractivity contribution is -0.117. The highest BCUT2D eigenvalue weighted by Crippen LogP contribution is 2.13. The standard InChI is InChI=1S/C18H23N3O/c1-14-10-15(2)12-17(11-14)20-18(22)13-21(3)9-7-16-6-4-5-8-19-16/h4-6,8,10-12H,7,9,13H2,1-3H3,(H,20,22). The number of hydrogen-bond donors (Lipinski definition) is 1. The summed E-state index contributed by atoms with van der Waals surface area (Å²) in [6.07, 6.45) is 2.64. The lowest BCUT2D eigenvalue weighted by Gasteiger charge is -2.16. The van der Waals surface area contributed by atoms with Crippen LogP contribution in [0.5, 0.6) is 0 Å². The number of aromatic nitrogens is 1. The van der Waals surface area contributed by atoms with Gasteiger partial charge in [0.2, 0.25) is 5.91 Å². The topological polar surface area (TPSA) is 45.2 Å². The summed E-state index contributed by atoms with van der Waals surface area (Å²) in [6, 6.07) is 12.0. The van der Waals surface area contributed by atoms with Crippen LogP contribution in [0.15, 0.2) is 42.6 Å². The highest BCUT2D eigenvalue weighted by atomic mass is 16.2. The van der Waals surface area contributed by atoms with Crippen molar-refractivity contribution < 1.29 is 4.79 Å². The molecule has 4 nitrogen and oxygen atoms in total. The Kier molecular flexibility index (Phi) is 5.67. The Bertz CT molecular complexity index is 605. The molecule has 0 unspecified atom stereocenters. The van der Waals surface area contributed by atoms with Crippen molar-refractivity contribution in [1.82, 2.24) is 9.88 Å². The first-order valence-corrected chi connectivity index (χ1v) is 7.49. The molecule has 4 heteroatoms. The number of nitrogens with zero attached hydrogens (tertiary/aromatic N) is 2. The van der Waals surface area contributed by atoms with Gasteiger partial charge in [0, 0.05) is 30.5 Å². The van der Waals surface area contributed by atoms with Crippen LogP contribution in [-0.4, -0.2) is 35.9 Å². The SMILES string of the molecule is Cc1cc(C)cc(NC(=O)CN(C)CCc2ccccn2)c1. The lowest BCUT2D eigenvalue weighted by Crippen LogP contribution is -2.31. The third-order valence-corrected chi connectivity index (χ3v) is 3.39. The minimum atomic E-state index is 0.00789. The first-order valence-electron chi connectivity index (χ1n) is 7.49. The normalized spacial score (nSPS) is 10.7. The Morgan fingerprint density at radius 3 is 2.55 bits per heavy atom. The first-order chi connectivity index (χ1) is 10.5. The fourth-order valence-electron chi connectivity index (χ4n) is 2.42. The number of carbonyl (C=O) groups is 1. The third-order valence-electron chi connectivity index (χ3n) is 3.39. The van der Waals surface area contributed by atoms with E-state index in [-0.39, 0.29) is 5.91 Å². The van der Waals surface area contributed by atoms with Crippen molar-refractivity contribution in [3.63, 3.8) is 0 Å². The van der Waals surface area contributed by atoms with Gasteiger partial charge in [-0.3, -0.25) is 14.7 Å². The summed E-state index contributed by atoms with van der Waals surface area (Å²) in [7, 11) is 1.95. The van der Waals surface area contributed by atoms with Crippen LogP contribution in [0, 0.1) is 13.8 Å². The van der Waals surface area contributed by atoms with Crippen LogP contribution < -0.4 is 5.32 Å². The number of likely N-dealkylation sites (N-methyl/N-ethyl adjacent to an activating group) is 1. The summed E-state index contributed by atoms with van der Waals surface area (Å²) >= 11 is 0. The number of rotatable bonds is 6. The number of benzene rings is 1. The molecule has 22 heavy (non-hydrogen) atoms. The zero-order valence-corrected chi connectivity index (χ0v) is 13.5.